The zero-order valence-electron chi connectivity index (χ0n) is 25.5. The van der Waals surface area contributed by atoms with Gasteiger partial charge in [0.2, 0.25) is 11.8 Å². The number of aliphatic hydroxyl groups is 11. The fraction of sp³-hybridized carbons (Fsp3) is 0.923. The van der Waals surface area contributed by atoms with Crippen LogP contribution in [0.25, 0.3) is 0 Å². The van der Waals surface area contributed by atoms with E-state index in [1.165, 1.54) is 0 Å². The van der Waals surface area contributed by atoms with Gasteiger partial charge in [-0.05, 0) is 0 Å². The molecule has 0 saturated carbocycles. The number of nitrogens with one attached hydrogen (secondary N) is 2. The second-order valence-electron chi connectivity index (χ2n) is 11.4. The van der Waals surface area contributed by atoms with Gasteiger partial charge in [0.1, 0.15) is 85.3 Å². The van der Waals surface area contributed by atoms with Gasteiger partial charge in [-0.1, -0.05) is 0 Å². The zero-order chi connectivity index (χ0) is 35.2. The van der Waals surface area contributed by atoms with E-state index in [9.17, 15) is 60.7 Å². The van der Waals surface area contributed by atoms with Crippen LogP contribution in [0, 0.1) is 0 Å². The lowest BCUT2D eigenvalue weighted by atomic mass is 9.96. The first-order valence-corrected chi connectivity index (χ1v) is 14.8. The molecule has 3 fully saturated rings. The predicted octanol–water partition coefficient (Wildman–Crippen LogP) is -8.55. The molecular weight excluding hydrogens is 644 g/mol. The number of carbonyl (C=O) groups is 2. The topological polar surface area (TPSA) is 336 Å². The van der Waals surface area contributed by atoms with E-state index < -0.39 is 149 Å². The maximum absolute atomic E-state index is 12.1. The third kappa shape index (κ3) is 9.29. The molecule has 21 heteroatoms. The first-order valence-electron chi connectivity index (χ1n) is 14.8. The number of amides is 2. The molecule has 0 aromatic carbocycles. The summed E-state index contributed by atoms with van der Waals surface area (Å²) in [6, 6.07) is -2.97. The molecule has 13 N–H and O–H groups in total. The molecule has 2 amide bonds. The van der Waals surface area contributed by atoms with Gasteiger partial charge >= 0.3 is 0 Å². The van der Waals surface area contributed by atoms with E-state index in [0.717, 1.165) is 13.8 Å². The Kier molecular flexibility index (Phi) is 15.0. The standard InChI is InChI=1S/C26H46N2O19/c1-8(34)27-15-20(40)18(38)12(5-31)43-25(15)47-23-19(39)13(6-32)44-26(23)46-22-14(7-33)45-24(16(21(22)41)28-9(2)35)42-11(4-30)17(37)10(36)3-29/h10-26,29-33,36-41H,3-7H2,1-2H3,(H,27,34)(H,28,35)/t10-,11+,12-,13-,14-,15-,16-,17-,18+,19-,20-,21-,22+,23-,24+,25-,26+/m1/s1. The van der Waals surface area contributed by atoms with E-state index in [0.29, 0.717) is 0 Å². The van der Waals surface area contributed by atoms with Crippen molar-refractivity contribution in [3.05, 3.63) is 0 Å². The van der Waals surface area contributed by atoms with Crippen molar-refractivity contribution in [3.8, 4) is 0 Å². The SMILES string of the molecule is CC(=O)N[C@H]1[C@@H](O[C@@H](CO)[C@H](O)[C@H](O)CO)O[C@H](CO)[C@H](O[C@@H]2O[C@H](CO)[C@@H](O)[C@H]2O[C@H]2O[C@H](CO)[C@H](O)[C@H](O)[C@H]2NC(C)=O)[C@@H]1O. The molecule has 0 aliphatic carbocycles. The second-order valence-corrected chi connectivity index (χ2v) is 11.4. The lowest BCUT2D eigenvalue weighted by Crippen LogP contribution is -2.67. The molecule has 0 bridgehead atoms. The van der Waals surface area contributed by atoms with Crippen LogP contribution in [0.5, 0.6) is 0 Å². The van der Waals surface area contributed by atoms with E-state index in [2.05, 4.69) is 10.6 Å². The van der Waals surface area contributed by atoms with Crippen LogP contribution in [0.1, 0.15) is 13.8 Å². The molecule has 47 heavy (non-hydrogen) atoms. The Bertz CT molecular complexity index is 998. The van der Waals surface area contributed by atoms with Gasteiger partial charge in [-0.3, -0.25) is 9.59 Å². The maximum Gasteiger partial charge on any atom is 0.217 e. The molecule has 3 aliphatic rings. The van der Waals surface area contributed by atoms with Crippen molar-refractivity contribution < 1.29 is 94.2 Å². The lowest BCUT2D eigenvalue weighted by molar-refractivity contribution is -0.335. The Morgan fingerprint density at radius 2 is 1.13 bits per heavy atom. The normalized spacial score (nSPS) is 41.2. The monoisotopic (exact) mass is 690 g/mol. The molecule has 0 aromatic heterocycles. The summed E-state index contributed by atoms with van der Waals surface area (Å²) in [7, 11) is 0. The highest BCUT2D eigenvalue weighted by atomic mass is 16.8. The molecule has 17 atom stereocenters. The van der Waals surface area contributed by atoms with Crippen molar-refractivity contribution in [1.29, 1.82) is 0 Å². The van der Waals surface area contributed by atoms with E-state index in [1.54, 1.807) is 0 Å². The third-order valence-electron chi connectivity index (χ3n) is 7.98. The molecule has 3 heterocycles. The Hall–Kier alpha value is -1.74. The number of carbonyl (C=O) groups excluding carboxylic acids is 2. The first-order chi connectivity index (χ1) is 22.2. The summed E-state index contributed by atoms with van der Waals surface area (Å²) >= 11 is 0. The molecular formula is C26H46N2O19. The minimum absolute atomic E-state index is 0.666. The summed E-state index contributed by atoms with van der Waals surface area (Å²) in [6.07, 6.45) is -24.6. The predicted molar refractivity (Wildman–Crippen MR) is 147 cm³/mol. The minimum atomic E-state index is -1.85. The average molecular weight is 691 g/mol. The number of hydrogen-bond donors (Lipinski definition) is 13. The van der Waals surface area contributed by atoms with Crippen LogP contribution in [-0.4, -0.2) is 205 Å². The molecule has 274 valence electrons. The zero-order valence-corrected chi connectivity index (χ0v) is 25.5. The van der Waals surface area contributed by atoms with Gasteiger partial charge in [0, 0.05) is 13.8 Å². The summed E-state index contributed by atoms with van der Waals surface area (Å²) in [5, 5.41) is 116. The lowest BCUT2D eigenvalue weighted by Gasteiger charge is -2.46. The summed E-state index contributed by atoms with van der Waals surface area (Å²) in [6.45, 7) is -2.05. The average Bonchev–Trinajstić information content (AvgIpc) is 3.33. The van der Waals surface area contributed by atoms with Crippen LogP contribution in [0.4, 0.5) is 0 Å². The fourth-order valence-corrected chi connectivity index (χ4v) is 5.50. The van der Waals surface area contributed by atoms with Crippen LogP contribution in [-0.2, 0) is 38.0 Å². The molecule has 0 aromatic rings. The molecule has 3 aliphatic heterocycles. The van der Waals surface area contributed by atoms with Crippen molar-refractivity contribution in [2.24, 2.45) is 0 Å². The Morgan fingerprint density at radius 1 is 0.638 bits per heavy atom. The van der Waals surface area contributed by atoms with Crippen LogP contribution >= 0.6 is 0 Å². The number of aliphatic hydroxyl groups excluding tert-OH is 11. The third-order valence-corrected chi connectivity index (χ3v) is 7.98. The molecule has 21 nitrogen and oxygen atoms in total. The van der Waals surface area contributed by atoms with E-state index in [-0.39, 0.29) is 0 Å². The molecule has 0 spiro atoms. The van der Waals surface area contributed by atoms with Gasteiger partial charge in [0.25, 0.3) is 0 Å². The smallest absolute Gasteiger partial charge is 0.217 e. The van der Waals surface area contributed by atoms with E-state index in [4.69, 9.17) is 33.5 Å². The van der Waals surface area contributed by atoms with Crippen molar-refractivity contribution >= 4 is 11.8 Å². The van der Waals surface area contributed by atoms with Crippen molar-refractivity contribution in [2.45, 2.75) is 118 Å². The highest BCUT2D eigenvalue weighted by molar-refractivity contribution is 5.73. The summed E-state index contributed by atoms with van der Waals surface area (Å²) in [4.78, 5) is 23.9. The molecule has 3 saturated heterocycles. The molecule has 3 rings (SSSR count). The number of hydrogen-bond acceptors (Lipinski definition) is 19. The quantitative estimate of drug-likeness (QED) is 0.0758. The molecule has 0 radical (unpaired) electrons. The Labute approximate surface area is 268 Å². The Morgan fingerprint density at radius 3 is 1.64 bits per heavy atom. The van der Waals surface area contributed by atoms with Gasteiger partial charge in [-0.15, -0.1) is 0 Å². The second kappa shape index (κ2) is 17.8. The number of rotatable bonds is 15. The van der Waals surface area contributed by atoms with Gasteiger partial charge in [-0.2, -0.15) is 0 Å². The van der Waals surface area contributed by atoms with Gasteiger partial charge in [0.15, 0.2) is 18.9 Å². The van der Waals surface area contributed by atoms with Crippen molar-refractivity contribution in [1.82, 2.24) is 10.6 Å². The van der Waals surface area contributed by atoms with Crippen LogP contribution in [0.15, 0.2) is 0 Å². The maximum atomic E-state index is 12.1. The van der Waals surface area contributed by atoms with Crippen LogP contribution in [0.2, 0.25) is 0 Å². The highest BCUT2D eigenvalue weighted by Crippen LogP contribution is 2.34. The minimum Gasteiger partial charge on any atom is -0.394 e. The van der Waals surface area contributed by atoms with Gasteiger partial charge in [0.05, 0.1) is 33.0 Å². The van der Waals surface area contributed by atoms with E-state index >= 15 is 0 Å². The van der Waals surface area contributed by atoms with E-state index in [1.807, 2.05) is 0 Å². The summed E-state index contributed by atoms with van der Waals surface area (Å²) in [5.74, 6) is -1.38. The Balaban J connectivity index is 1.88. The van der Waals surface area contributed by atoms with Crippen LogP contribution in [0.3, 0.4) is 0 Å². The largest absolute Gasteiger partial charge is 0.394 e. The highest BCUT2D eigenvalue weighted by Gasteiger charge is 2.55. The van der Waals surface area contributed by atoms with Crippen molar-refractivity contribution in [2.75, 3.05) is 33.0 Å². The fourth-order valence-electron chi connectivity index (χ4n) is 5.50. The summed E-state index contributed by atoms with van der Waals surface area (Å²) in [5.41, 5.74) is 0. The van der Waals surface area contributed by atoms with Crippen molar-refractivity contribution in [3.63, 3.8) is 0 Å². The van der Waals surface area contributed by atoms with Gasteiger partial charge in [-0.25, -0.2) is 0 Å². The first kappa shape index (κ1) is 39.7. The molecule has 0 unspecified atom stereocenters. The van der Waals surface area contributed by atoms with Crippen LogP contribution < -0.4 is 10.6 Å². The summed E-state index contributed by atoms with van der Waals surface area (Å²) < 4.78 is 34.1. The van der Waals surface area contributed by atoms with Gasteiger partial charge < -0.3 is 95.2 Å². The number of ether oxygens (including phenoxy) is 6.